The molecule has 0 aromatic rings. The third-order valence-corrected chi connectivity index (χ3v) is 2.79. The molecule has 0 fully saturated rings. The Bertz CT molecular complexity index is 141. The Hall–Kier alpha value is -0.120. The Morgan fingerprint density at radius 1 is 1.00 bits per heavy atom. The van der Waals surface area contributed by atoms with E-state index in [1.54, 1.807) is 0 Å². The van der Waals surface area contributed by atoms with Gasteiger partial charge in [-0.3, -0.25) is 4.90 Å². The lowest BCUT2D eigenvalue weighted by molar-refractivity contribution is 0.0767. The van der Waals surface area contributed by atoms with Gasteiger partial charge in [-0.2, -0.15) is 0 Å². The minimum atomic E-state index is 0.605. The fourth-order valence-electron chi connectivity index (χ4n) is 1.89. The molecule has 0 radical (unpaired) electrons. The van der Waals surface area contributed by atoms with Gasteiger partial charge in [0, 0.05) is 25.2 Å². The predicted molar refractivity (Wildman–Crippen MR) is 71.0 cm³/mol. The first kappa shape index (κ1) is 15.9. The smallest absolute Gasteiger partial charge is 0.0593 e. The van der Waals surface area contributed by atoms with Gasteiger partial charge in [0.1, 0.15) is 0 Å². The summed E-state index contributed by atoms with van der Waals surface area (Å²) in [5, 5.41) is 3.14. The van der Waals surface area contributed by atoms with Crippen LogP contribution in [0.3, 0.4) is 0 Å². The number of rotatable bonds is 10. The maximum absolute atomic E-state index is 5.64. The number of ether oxygens (including phenoxy) is 1. The lowest BCUT2D eigenvalue weighted by Crippen LogP contribution is -2.39. The SMILES string of the molecule is CNCCCCOCCN(C(C)C)C(C)C. The second-order valence-electron chi connectivity index (χ2n) is 4.85. The topological polar surface area (TPSA) is 24.5 Å². The van der Waals surface area contributed by atoms with Crippen molar-refractivity contribution in [2.75, 3.05) is 33.4 Å². The van der Waals surface area contributed by atoms with E-state index in [1.807, 2.05) is 7.05 Å². The van der Waals surface area contributed by atoms with Gasteiger partial charge in [-0.25, -0.2) is 0 Å². The van der Waals surface area contributed by atoms with Gasteiger partial charge in [0.15, 0.2) is 0 Å². The maximum atomic E-state index is 5.64. The van der Waals surface area contributed by atoms with Crippen molar-refractivity contribution < 1.29 is 4.74 Å². The molecule has 0 bridgehead atoms. The molecule has 0 heterocycles. The van der Waals surface area contributed by atoms with Crippen LogP contribution in [0, 0.1) is 0 Å². The Morgan fingerprint density at radius 3 is 2.12 bits per heavy atom. The van der Waals surface area contributed by atoms with Crippen LogP contribution in [-0.4, -0.2) is 50.3 Å². The summed E-state index contributed by atoms with van der Waals surface area (Å²) in [6.07, 6.45) is 2.36. The molecule has 98 valence electrons. The highest BCUT2D eigenvalue weighted by Gasteiger charge is 2.12. The minimum Gasteiger partial charge on any atom is -0.380 e. The molecule has 0 spiro atoms. The van der Waals surface area contributed by atoms with Crippen molar-refractivity contribution in [3.8, 4) is 0 Å². The Balaban J connectivity index is 3.41. The second kappa shape index (κ2) is 10.1. The molecular weight excluding hydrogens is 200 g/mol. The standard InChI is InChI=1S/C13H30N2O/c1-12(2)15(13(3)4)9-11-16-10-7-6-8-14-5/h12-14H,6-11H2,1-5H3. The molecule has 0 aliphatic heterocycles. The highest BCUT2D eigenvalue weighted by atomic mass is 16.5. The highest BCUT2D eigenvalue weighted by molar-refractivity contribution is 4.66. The van der Waals surface area contributed by atoms with Crippen molar-refractivity contribution >= 4 is 0 Å². The first-order valence-corrected chi connectivity index (χ1v) is 6.57. The summed E-state index contributed by atoms with van der Waals surface area (Å²) in [6.45, 7) is 12.9. The summed E-state index contributed by atoms with van der Waals surface area (Å²) < 4.78 is 5.64. The molecule has 0 saturated carbocycles. The van der Waals surface area contributed by atoms with Crippen molar-refractivity contribution in [1.82, 2.24) is 10.2 Å². The van der Waals surface area contributed by atoms with Crippen molar-refractivity contribution in [2.45, 2.75) is 52.6 Å². The Labute approximate surface area is 102 Å². The molecule has 0 amide bonds. The van der Waals surface area contributed by atoms with Crippen LogP contribution in [0.2, 0.25) is 0 Å². The van der Waals surface area contributed by atoms with Gasteiger partial charge < -0.3 is 10.1 Å². The molecule has 3 heteroatoms. The van der Waals surface area contributed by atoms with Gasteiger partial charge in [-0.15, -0.1) is 0 Å². The number of nitrogens with one attached hydrogen (secondary N) is 1. The molecule has 0 unspecified atom stereocenters. The summed E-state index contributed by atoms with van der Waals surface area (Å²) in [6, 6.07) is 1.21. The number of unbranched alkanes of at least 4 members (excludes halogenated alkanes) is 1. The average molecular weight is 230 g/mol. The number of hydrogen-bond acceptors (Lipinski definition) is 3. The van der Waals surface area contributed by atoms with E-state index in [-0.39, 0.29) is 0 Å². The summed E-state index contributed by atoms with van der Waals surface area (Å²) >= 11 is 0. The third-order valence-electron chi connectivity index (χ3n) is 2.79. The molecular formula is C13H30N2O. The van der Waals surface area contributed by atoms with E-state index in [0.29, 0.717) is 12.1 Å². The van der Waals surface area contributed by atoms with Crippen LogP contribution < -0.4 is 5.32 Å². The molecule has 0 saturated heterocycles. The van der Waals surface area contributed by atoms with Gasteiger partial charge in [-0.1, -0.05) is 0 Å². The van der Waals surface area contributed by atoms with Crippen molar-refractivity contribution in [3.05, 3.63) is 0 Å². The quantitative estimate of drug-likeness (QED) is 0.582. The Morgan fingerprint density at radius 2 is 1.62 bits per heavy atom. The van der Waals surface area contributed by atoms with E-state index < -0.39 is 0 Å². The summed E-state index contributed by atoms with van der Waals surface area (Å²) in [5.74, 6) is 0. The van der Waals surface area contributed by atoms with E-state index in [4.69, 9.17) is 4.74 Å². The molecule has 0 rings (SSSR count). The van der Waals surface area contributed by atoms with Crippen LogP contribution in [0.25, 0.3) is 0 Å². The van der Waals surface area contributed by atoms with E-state index in [0.717, 1.165) is 32.7 Å². The molecule has 0 aromatic carbocycles. The first-order valence-electron chi connectivity index (χ1n) is 6.57. The van der Waals surface area contributed by atoms with E-state index >= 15 is 0 Å². The maximum Gasteiger partial charge on any atom is 0.0593 e. The molecule has 0 aromatic heterocycles. The lowest BCUT2D eigenvalue weighted by atomic mass is 10.2. The van der Waals surface area contributed by atoms with Gasteiger partial charge in [0.2, 0.25) is 0 Å². The molecule has 3 nitrogen and oxygen atoms in total. The lowest BCUT2D eigenvalue weighted by Gasteiger charge is -2.30. The average Bonchev–Trinajstić information content (AvgIpc) is 2.21. The van der Waals surface area contributed by atoms with Crippen LogP contribution in [0.4, 0.5) is 0 Å². The van der Waals surface area contributed by atoms with Crippen LogP contribution in [0.5, 0.6) is 0 Å². The number of nitrogens with zero attached hydrogens (tertiary/aromatic N) is 1. The number of hydrogen-bond donors (Lipinski definition) is 1. The highest BCUT2D eigenvalue weighted by Crippen LogP contribution is 2.04. The van der Waals surface area contributed by atoms with Gasteiger partial charge in [-0.05, 0) is 54.1 Å². The zero-order chi connectivity index (χ0) is 12.4. The summed E-state index contributed by atoms with van der Waals surface area (Å²) in [4.78, 5) is 2.47. The van der Waals surface area contributed by atoms with E-state index in [2.05, 4.69) is 37.9 Å². The van der Waals surface area contributed by atoms with Gasteiger partial charge >= 0.3 is 0 Å². The third kappa shape index (κ3) is 8.08. The molecule has 1 N–H and O–H groups in total. The zero-order valence-electron chi connectivity index (χ0n) is 11.8. The minimum absolute atomic E-state index is 0.605. The molecule has 0 aliphatic carbocycles. The van der Waals surface area contributed by atoms with E-state index in [1.165, 1.54) is 6.42 Å². The van der Waals surface area contributed by atoms with Crippen LogP contribution >= 0.6 is 0 Å². The molecule has 0 atom stereocenters. The summed E-state index contributed by atoms with van der Waals surface area (Å²) in [7, 11) is 1.99. The summed E-state index contributed by atoms with van der Waals surface area (Å²) in [5.41, 5.74) is 0. The van der Waals surface area contributed by atoms with Crippen molar-refractivity contribution in [2.24, 2.45) is 0 Å². The normalized spacial score (nSPS) is 12.0. The molecule has 0 aliphatic rings. The largest absolute Gasteiger partial charge is 0.380 e. The second-order valence-corrected chi connectivity index (χ2v) is 4.85. The van der Waals surface area contributed by atoms with Crippen LogP contribution in [0.15, 0.2) is 0 Å². The van der Waals surface area contributed by atoms with E-state index in [9.17, 15) is 0 Å². The fourth-order valence-corrected chi connectivity index (χ4v) is 1.89. The fraction of sp³-hybridized carbons (Fsp3) is 1.00. The monoisotopic (exact) mass is 230 g/mol. The van der Waals surface area contributed by atoms with Gasteiger partial charge in [0.05, 0.1) is 6.61 Å². The predicted octanol–water partition coefficient (Wildman–Crippen LogP) is 2.12. The Kier molecular flexibility index (Phi) is 9.99. The van der Waals surface area contributed by atoms with Crippen molar-refractivity contribution in [1.29, 1.82) is 0 Å². The van der Waals surface area contributed by atoms with Gasteiger partial charge in [0.25, 0.3) is 0 Å². The zero-order valence-corrected chi connectivity index (χ0v) is 11.8. The van der Waals surface area contributed by atoms with Crippen LogP contribution in [-0.2, 0) is 4.74 Å². The van der Waals surface area contributed by atoms with Crippen molar-refractivity contribution in [3.63, 3.8) is 0 Å². The molecule has 16 heavy (non-hydrogen) atoms. The first-order chi connectivity index (χ1) is 7.59. The van der Waals surface area contributed by atoms with Crippen LogP contribution in [0.1, 0.15) is 40.5 Å².